The highest BCUT2D eigenvalue weighted by Crippen LogP contribution is 2.27. The van der Waals surface area contributed by atoms with Crippen molar-refractivity contribution in [3.8, 4) is 0 Å². The van der Waals surface area contributed by atoms with Gasteiger partial charge in [0, 0.05) is 17.7 Å². The van der Waals surface area contributed by atoms with Gasteiger partial charge in [0.05, 0.1) is 0 Å². The zero-order valence-corrected chi connectivity index (χ0v) is 13.0. The molecule has 1 aromatic carbocycles. The molecule has 0 saturated heterocycles. The normalized spacial score (nSPS) is 10.7. The molecule has 0 unspecified atom stereocenters. The van der Waals surface area contributed by atoms with Crippen LogP contribution >= 0.6 is 23.4 Å². The summed E-state index contributed by atoms with van der Waals surface area (Å²) < 4.78 is 0. The average molecular weight is 293 g/mol. The van der Waals surface area contributed by atoms with E-state index in [1.54, 1.807) is 11.8 Å². The zero-order chi connectivity index (χ0) is 13.8. The SMILES string of the molecule is CCc1nc(Cl)c(C)c(SCc2cccc(C)c2)n1. The molecule has 0 fully saturated rings. The highest BCUT2D eigenvalue weighted by Gasteiger charge is 2.09. The lowest BCUT2D eigenvalue weighted by Gasteiger charge is -2.08. The van der Waals surface area contributed by atoms with Gasteiger partial charge in [-0.15, -0.1) is 11.8 Å². The Labute approximate surface area is 123 Å². The van der Waals surface area contributed by atoms with Crippen molar-refractivity contribution in [3.63, 3.8) is 0 Å². The van der Waals surface area contributed by atoms with Crippen LogP contribution in [0.3, 0.4) is 0 Å². The number of hydrogen-bond acceptors (Lipinski definition) is 3. The van der Waals surface area contributed by atoms with Gasteiger partial charge in [-0.2, -0.15) is 0 Å². The molecule has 1 heterocycles. The molecule has 0 saturated carbocycles. The molecule has 0 aliphatic rings. The first-order valence-electron chi connectivity index (χ1n) is 6.31. The Hall–Kier alpha value is -1.06. The topological polar surface area (TPSA) is 25.8 Å². The fraction of sp³-hybridized carbons (Fsp3) is 0.333. The number of aryl methyl sites for hydroxylation is 2. The second-order valence-corrected chi connectivity index (χ2v) is 5.81. The van der Waals surface area contributed by atoms with Gasteiger partial charge in [0.2, 0.25) is 0 Å². The summed E-state index contributed by atoms with van der Waals surface area (Å²) in [6.45, 7) is 6.12. The van der Waals surface area contributed by atoms with Crippen LogP contribution in [0.15, 0.2) is 29.3 Å². The lowest BCUT2D eigenvalue weighted by Crippen LogP contribution is -1.98. The summed E-state index contributed by atoms with van der Waals surface area (Å²) in [6, 6.07) is 8.53. The number of halogens is 1. The minimum Gasteiger partial charge on any atom is -0.226 e. The van der Waals surface area contributed by atoms with Gasteiger partial charge in [-0.25, -0.2) is 9.97 Å². The third kappa shape index (κ3) is 3.71. The Bertz CT molecular complexity index is 584. The summed E-state index contributed by atoms with van der Waals surface area (Å²) in [5.74, 6) is 1.71. The third-order valence-electron chi connectivity index (χ3n) is 2.86. The van der Waals surface area contributed by atoms with Crippen molar-refractivity contribution in [1.82, 2.24) is 9.97 Å². The molecule has 4 heteroatoms. The minimum atomic E-state index is 0.568. The average Bonchev–Trinajstić information content (AvgIpc) is 2.40. The predicted molar refractivity (Wildman–Crippen MR) is 81.9 cm³/mol. The molecule has 19 heavy (non-hydrogen) atoms. The van der Waals surface area contributed by atoms with Crippen molar-refractivity contribution < 1.29 is 0 Å². The fourth-order valence-electron chi connectivity index (χ4n) is 1.76. The standard InChI is InChI=1S/C15H17ClN2S/c1-4-13-17-14(16)11(3)15(18-13)19-9-12-7-5-6-10(2)8-12/h5-8H,4,9H2,1-3H3. The molecule has 2 rings (SSSR count). The summed E-state index contributed by atoms with van der Waals surface area (Å²) in [5.41, 5.74) is 3.55. The van der Waals surface area contributed by atoms with Crippen LogP contribution in [0.25, 0.3) is 0 Å². The lowest BCUT2D eigenvalue weighted by molar-refractivity contribution is 0.871. The van der Waals surface area contributed by atoms with Crippen LogP contribution in [0, 0.1) is 13.8 Å². The molecular formula is C15H17ClN2S. The van der Waals surface area contributed by atoms with Crippen molar-refractivity contribution in [3.05, 3.63) is 51.9 Å². The zero-order valence-electron chi connectivity index (χ0n) is 11.4. The molecular weight excluding hydrogens is 276 g/mol. The van der Waals surface area contributed by atoms with Crippen LogP contribution in [0.5, 0.6) is 0 Å². The maximum atomic E-state index is 6.14. The molecule has 0 aliphatic heterocycles. The summed E-state index contributed by atoms with van der Waals surface area (Å²) in [4.78, 5) is 8.82. The van der Waals surface area contributed by atoms with E-state index in [1.165, 1.54) is 11.1 Å². The molecule has 0 bridgehead atoms. The Morgan fingerprint density at radius 3 is 2.68 bits per heavy atom. The quantitative estimate of drug-likeness (QED) is 0.608. The van der Waals surface area contributed by atoms with Gasteiger partial charge in [0.15, 0.2) is 0 Å². The van der Waals surface area contributed by atoms with E-state index in [2.05, 4.69) is 41.2 Å². The molecule has 1 aromatic heterocycles. The van der Waals surface area contributed by atoms with Gasteiger partial charge in [-0.1, -0.05) is 48.4 Å². The van der Waals surface area contributed by atoms with Gasteiger partial charge in [-0.3, -0.25) is 0 Å². The first kappa shape index (κ1) is 14.4. The van der Waals surface area contributed by atoms with Gasteiger partial charge < -0.3 is 0 Å². The number of benzene rings is 1. The van der Waals surface area contributed by atoms with Crippen molar-refractivity contribution in [2.75, 3.05) is 0 Å². The Morgan fingerprint density at radius 2 is 2.00 bits per heavy atom. The molecule has 100 valence electrons. The molecule has 2 nitrogen and oxygen atoms in total. The van der Waals surface area contributed by atoms with E-state index in [-0.39, 0.29) is 0 Å². The number of nitrogens with zero attached hydrogens (tertiary/aromatic N) is 2. The summed E-state index contributed by atoms with van der Waals surface area (Å²) in [7, 11) is 0. The Kier molecular flexibility index (Phi) is 4.83. The van der Waals surface area contributed by atoms with Crippen LogP contribution in [0.2, 0.25) is 5.15 Å². The van der Waals surface area contributed by atoms with E-state index in [9.17, 15) is 0 Å². The highest BCUT2D eigenvalue weighted by atomic mass is 35.5. The maximum Gasteiger partial charge on any atom is 0.136 e. The van der Waals surface area contributed by atoms with Crippen molar-refractivity contribution in [1.29, 1.82) is 0 Å². The van der Waals surface area contributed by atoms with E-state index >= 15 is 0 Å². The van der Waals surface area contributed by atoms with Crippen LogP contribution in [0.1, 0.15) is 29.4 Å². The van der Waals surface area contributed by atoms with Gasteiger partial charge in [0.1, 0.15) is 16.0 Å². The van der Waals surface area contributed by atoms with E-state index in [1.807, 2.05) is 13.8 Å². The monoisotopic (exact) mass is 292 g/mol. The summed E-state index contributed by atoms with van der Waals surface area (Å²) in [5, 5.41) is 1.55. The molecule has 0 atom stereocenters. The van der Waals surface area contributed by atoms with E-state index in [0.29, 0.717) is 5.15 Å². The third-order valence-corrected chi connectivity index (χ3v) is 4.38. The maximum absolute atomic E-state index is 6.14. The molecule has 0 radical (unpaired) electrons. The second kappa shape index (κ2) is 6.40. The van der Waals surface area contributed by atoms with Crippen molar-refractivity contribution in [2.24, 2.45) is 0 Å². The molecule has 0 amide bonds. The van der Waals surface area contributed by atoms with E-state index in [0.717, 1.165) is 28.6 Å². The number of aromatic nitrogens is 2. The first-order chi connectivity index (χ1) is 9.10. The van der Waals surface area contributed by atoms with Crippen LogP contribution in [-0.2, 0) is 12.2 Å². The highest BCUT2D eigenvalue weighted by molar-refractivity contribution is 7.98. The van der Waals surface area contributed by atoms with Crippen molar-refractivity contribution >= 4 is 23.4 Å². The Morgan fingerprint density at radius 1 is 1.21 bits per heavy atom. The summed E-state index contributed by atoms with van der Waals surface area (Å²) in [6.07, 6.45) is 0.804. The van der Waals surface area contributed by atoms with Gasteiger partial charge in [0.25, 0.3) is 0 Å². The minimum absolute atomic E-state index is 0.568. The Balaban J connectivity index is 2.17. The lowest BCUT2D eigenvalue weighted by atomic mass is 10.2. The van der Waals surface area contributed by atoms with E-state index < -0.39 is 0 Å². The second-order valence-electron chi connectivity index (χ2n) is 4.49. The summed E-state index contributed by atoms with van der Waals surface area (Å²) >= 11 is 7.86. The molecule has 0 aliphatic carbocycles. The fourth-order valence-corrected chi connectivity index (χ4v) is 2.97. The van der Waals surface area contributed by atoms with Gasteiger partial charge in [-0.05, 0) is 19.4 Å². The molecule has 2 aromatic rings. The number of rotatable bonds is 4. The van der Waals surface area contributed by atoms with Gasteiger partial charge >= 0.3 is 0 Å². The molecule has 0 spiro atoms. The smallest absolute Gasteiger partial charge is 0.136 e. The predicted octanol–water partition coefficient (Wildman–Crippen LogP) is 4.60. The molecule has 0 N–H and O–H groups in total. The van der Waals surface area contributed by atoms with Crippen LogP contribution in [-0.4, -0.2) is 9.97 Å². The van der Waals surface area contributed by atoms with Crippen molar-refractivity contribution in [2.45, 2.75) is 38.0 Å². The van der Waals surface area contributed by atoms with E-state index in [4.69, 9.17) is 11.6 Å². The number of thioether (sulfide) groups is 1. The largest absolute Gasteiger partial charge is 0.226 e. The first-order valence-corrected chi connectivity index (χ1v) is 7.68. The van der Waals surface area contributed by atoms with Crippen LogP contribution < -0.4 is 0 Å². The van der Waals surface area contributed by atoms with Crippen LogP contribution in [0.4, 0.5) is 0 Å². The number of hydrogen-bond donors (Lipinski definition) is 0.